The van der Waals surface area contributed by atoms with Crippen LogP contribution >= 0.6 is 23.2 Å². The molecule has 4 rings (SSSR count). The molecular weight excluding hydrogens is 549 g/mol. The normalized spacial score (nSPS) is 8.88. The van der Waals surface area contributed by atoms with Crippen LogP contribution in [0.2, 0.25) is 0 Å². The number of nitriles is 1. The van der Waals surface area contributed by atoms with Gasteiger partial charge in [-0.25, -0.2) is 4.79 Å². The van der Waals surface area contributed by atoms with E-state index in [-0.39, 0.29) is 5.69 Å². The lowest BCUT2D eigenvalue weighted by atomic mass is 10.1. The highest BCUT2D eigenvalue weighted by Gasteiger charge is 2.04. The molecule has 0 saturated carbocycles. The van der Waals surface area contributed by atoms with E-state index in [1.807, 2.05) is 46.1 Å². The van der Waals surface area contributed by atoms with Crippen molar-refractivity contribution >= 4 is 34.4 Å². The van der Waals surface area contributed by atoms with Crippen LogP contribution in [0.3, 0.4) is 0 Å². The number of aryl methyl sites for hydroxylation is 2. The van der Waals surface area contributed by atoms with Crippen molar-refractivity contribution in [1.29, 1.82) is 5.26 Å². The minimum atomic E-state index is -0.921. The monoisotopic (exact) mass is 585 g/mol. The zero-order chi connectivity index (χ0) is 30.5. The highest BCUT2D eigenvalue weighted by atomic mass is 35.5. The number of allylic oxidation sites excluding steroid dienone is 1. The van der Waals surface area contributed by atoms with Gasteiger partial charge in [0.15, 0.2) is 0 Å². The third-order valence-corrected chi connectivity index (χ3v) is 5.55. The zero-order valence-corrected chi connectivity index (χ0v) is 25.1. The van der Waals surface area contributed by atoms with Crippen molar-refractivity contribution in [2.75, 3.05) is 7.05 Å². The number of rotatable bonds is 5. The highest BCUT2D eigenvalue weighted by molar-refractivity contribution is 6.67. The van der Waals surface area contributed by atoms with Crippen LogP contribution in [0, 0.1) is 25.2 Å². The molecule has 0 bridgehead atoms. The van der Waals surface area contributed by atoms with Crippen molar-refractivity contribution in [3.8, 4) is 6.07 Å². The fourth-order valence-electron chi connectivity index (χ4n) is 2.75. The summed E-state index contributed by atoms with van der Waals surface area (Å²) in [4.78, 5) is 30.5. The molecule has 0 saturated heterocycles. The number of halogens is 2. The number of hydrogen-bond acceptors (Lipinski definition) is 4. The van der Waals surface area contributed by atoms with Crippen LogP contribution in [-0.4, -0.2) is 43.2 Å². The average Bonchev–Trinajstić information content (AvgIpc) is 3.70. The Balaban J connectivity index is 0.000000519. The molecule has 1 aromatic carbocycles. The number of nitrogens with zero attached hydrogens (tertiary/aromatic N) is 2. The second-order valence-electron chi connectivity index (χ2n) is 8.46. The Labute approximate surface area is 246 Å². The van der Waals surface area contributed by atoms with Crippen molar-refractivity contribution in [2.45, 2.75) is 41.2 Å². The van der Waals surface area contributed by atoms with Gasteiger partial charge >= 0.3 is 5.97 Å². The number of hydrogen-bond donors (Lipinski definition) is 4. The molecule has 0 atom stereocenters. The Bertz CT molecular complexity index is 1240. The van der Waals surface area contributed by atoms with E-state index in [2.05, 4.69) is 51.0 Å². The second kappa shape index (κ2) is 20.7. The van der Waals surface area contributed by atoms with E-state index in [0.29, 0.717) is 5.69 Å². The molecule has 0 aliphatic carbocycles. The van der Waals surface area contributed by atoms with Gasteiger partial charge in [-0.2, -0.15) is 5.26 Å². The lowest BCUT2D eigenvalue weighted by molar-refractivity contribution is 0.0691. The number of benzene rings is 1. The number of carbonyl (C=O) groups is 2. The summed E-state index contributed by atoms with van der Waals surface area (Å²) >= 11 is 11.2. The SMILES string of the molecule is CC#N.CC(C)=C(Cl)N(C)Cc1ccc(C)cc1.Cc1ccc[nH]1.O=C(Cl)c1ccc[nH]1.O=C(O)c1ccc[nH]1. The maximum Gasteiger partial charge on any atom is 0.352 e. The van der Waals surface area contributed by atoms with E-state index < -0.39 is 11.2 Å². The summed E-state index contributed by atoms with van der Waals surface area (Å²) in [6, 6.07) is 20.8. The topological polar surface area (TPSA) is 129 Å². The van der Waals surface area contributed by atoms with Crippen LogP contribution in [0.25, 0.3) is 0 Å². The fourth-order valence-corrected chi connectivity index (χ4v) is 2.93. The molecule has 0 spiro atoms. The van der Waals surface area contributed by atoms with Gasteiger partial charge in [-0.3, -0.25) is 4.79 Å². The first-order valence-electron chi connectivity index (χ1n) is 12.1. The lowest BCUT2D eigenvalue weighted by Crippen LogP contribution is -2.14. The molecule has 0 aliphatic rings. The van der Waals surface area contributed by atoms with E-state index in [1.165, 1.54) is 29.8 Å². The largest absolute Gasteiger partial charge is 0.477 e. The third kappa shape index (κ3) is 16.6. The Kier molecular flexibility index (Phi) is 18.6. The van der Waals surface area contributed by atoms with Crippen molar-refractivity contribution in [3.63, 3.8) is 0 Å². The summed E-state index contributed by atoms with van der Waals surface area (Å²) in [6.07, 6.45) is 5.13. The van der Waals surface area contributed by atoms with Crippen molar-refractivity contribution < 1.29 is 14.7 Å². The predicted molar refractivity (Wildman–Crippen MR) is 162 cm³/mol. The summed E-state index contributed by atoms with van der Waals surface area (Å²) in [5.74, 6) is -0.921. The minimum absolute atomic E-state index is 0.227. The van der Waals surface area contributed by atoms with E-state index in [0.717, 1.165) is 17.3 Å². The molecule has 3 aromatic heterocycles. The molecule has 10 heteroatoms. The van der Waals surface area contributed by atoms with E-state index in [4.69, 9.17) is 33.6 Å². The minimum Gasteiger partial charge on any atom is -0.477 e. The molecule has 4 aromatic rings. The van der Waals surface area contributed by atoms with Gasteiger partial charge in [0.1, 0.15) is 10.9 Å². The molecule has 0 unspecified atom stereocenters. The van der Waals surface area contributed by atoms with Crippen molar-refractivity contribution in [1.82, 2.24) is 19.9 Å². The Morgan fingerprint density at radius 1 is 0.875 bits per heavy atom. The van der Waals surface area contributed by atoms with Gasteiger partial charge in [0, 0.05) is 44.8 Å². The molecule has 8 nitrogen and oxygen atoms in total. The van der Waals surface area contributed by atoms with Crippen LogP contribution in [0.4, 0.5) is 0 Å². The lowest BCUT2D eigenvalue weighted by Gasteiger charge is -2.19. The Morgan fingerprint density at radius 2 is 1.35 bits per heavy atom. The molecule has 0 amide bonds. The van der Waals surface area contributed by atoms with Gasteiger partial charge in [0.25, 0.3) is 5.24 Å². The molecular formula is C30H37Cl2N5O3. The van der Waals surface area contributed by atoms with Crippen LogP contribution in [-0.2, 0) is 6.54 Å². The standard InChI is InChI=1S/C13H18ClN.C5H4ClNO.C5H5NO2.C5H7N.C2H3N/c1-10(2)13(14)15(4)9-12-7-5-11(3)6-8-12;6-5(8)4-2-1-3-7-4;7-5(8)4-2-1-3-6-4;1-5-3-2-4-6-5;1-2-3/h5-8H,9H2,1-4H3;1-3,7H;1-3,6H,(H,7,8);2-4,6H,1H3;1H3. The molecule has 0 radical (unpaired) electrons. The third-order valence-electron chi connectivity index (χ3n) is 4.68. The number of aromatic nitrogens is 3. The Morgan fingerprint density at radius 3 is 1.62 bits per heavy atom. The number of carbonyl (C=O) groups excluding carboxylic acids is 1. The zero-order valence-electron chi connectivity index (χ0n) is 23.6. The molecule has 0 fully saturated rings. The number of aromatic amines is 3. The molecule has 3 heterocycles. The van der Waals surface area contributed by atoms with Gasteiger partial charge < -0.3 is 25.0 Å². The number of H-pyrrole nitrogens is 3. The van der Waals surface area contributed by atoms with Gasteiger partial charge in [-0.15, -0.1) is 0 Å². The van der Waals surface area contributed by atoms with Gasteiger partial charge in [0.05, 0.1) is 11.8 Å². The van der Waals surface area contributed by atoms with E-state index in [9.17, 15) is 9.59 Å². The summed E-state index contributed by atoms with van der Waals surface area (Å²) in [7, 11) is 2.01. The Hall–Kier alpha value is -4.19. The van der Waals surface area contributed by atoms with E-state index >= 15 is 0 Å². The summed E-state index contributed by atoms with van der Waals surface area (Å²) in [5, 5.41) is 15.9. The molecule has 40 heavy (non-hydrogen) atoms. The van der Waals surface area contributed by atoms with Crippen LogP contribution in [0.5, 0.6) is 0 Å². The molecule has 4 N–H and O–H groups in total. The maximum atomic E-state index is 10.2. The highest BCUT2D eigenvalue weighted by Crippen LogP contribution is 2.16. The van der Waals surface area contributed by atoms with Crippen LogP contribution in [0.15, 0.2) is 90.0 Å². The second-order valence-corrected chi connectivity index (χ2v) is 9.16. The van der Waals surface area contributed by atoms with Gasteiger partial charge in [0.2, 0.25) is 0 Å². The van der Waals surface area contributed by atoms with Crippen LogP contribution in [0.1, 0.15) is 58.6 Å². The summed E-state index contributed by atoms with van der Waals surface area (Å²) in [5.41, 5.74) is 5.59. The first-order valence-corrected chi connectivity index (χ1v) is 12.9. The van der Waals surface area contributed by atoms with Crippen molar-refractivity contribution in [3.05, 3.63) is 118 Å². The number of carboxylic acid groups (broad SMARTS) is 1. The first kappa shape index (κ1) is 35.8. The smallest absolute Gasteiger partial charge is 0.352 e. The first-order chi connectivity index (χ1) is 18.9. The van der Waals surface area contributed by atoms with Crippen LogP contribution < -0.4 is 0 Å². The quantitative estimate of drug-likeness (QED) is 0.140. The maximum absolute atomic E-state index is 10.2. The number of aromatic carboxylic acids is 1. The molecule has 0 aliphatic heterocycles. The van der Waals surface area contributed by atoms with Crippen molar-refractivity contribution in [2.24, 2.45) is 0 Å². The fraction of sp³-hybridized carbons (Fsp3) is 0.233. The molecule has 214 valence electrons. The van der Waals surface area contributed by atoms with Gasteiger partial charge in [-0.1, -0.05) is 41.4 Å². The predicted octanol–water partition coefficient (Wildman–Crippen LogP) is 7.88. The summed E-state index contributed by atoms with van der Waals surface area (Å²) in [6.45, 7) is 10.4. The van der Waals surface area contributed by atoms with E-state index in [1.54, 1.807) is 36.7 Å². The average molecular weight is 587 g/mol. The number of nitrogens with one attached hydrogen (secondary N) is 3. The van der Waals surface area contributed by atoms with Gasteiger partial charge in [-0.05, 0) is 86.8 Å². The summed E-state index contributed by atoms with van der Waals surface area (Å²) < 4.78 is 0. The number of carboxylic acids is 1.